The largest absolute Gasteiger partial charge is 0.490 e. The molecule has 2 rings (SSSR count). The molecule has 0 unspecified atom stereocenters. The highest BCUT2D eigenvalue weighted by atomic mass is 79.9. The fraction of sp³-hybridized carbons (Fsp3) is 0.167. The van der Waals surface area contributed by atoms with Crippen molar-refractivity contribution >= 4 is 74.3 Å². The number of nitrogens with zero attached hydrogens (tertiary/aromatic N) is 1. The molecule has 0 spiro atoms. The van der Waals surface area contributed by atoms with Gasteiger partial charge in [-0.05, 0) is 71.0 Å². The molecule has 0 aliphatic heterocycles. The normalized spacial score (nSPS) is 10.6. The van der Waals surface area contributed by atoms with Crippen molar-refractivity contribution in [1.82, 2.24) is 5.43 Å². The molecule has 0 aliphatic rings. The Labute approximate surface area is 191 Å². The third-order valence-electron chi connectivity index (χ3n) is 3.25. The van der Waals surface area contributed by atoms with Crippen LogP contribution in [-0.2, 0) is 4.79 Å². The zero-order chi connectivity index (χ0) is 21.4. The fourth-order valence-corrected chi connectivity index (χ4v) is 3.15. The smallest absolute Gasteiger partial charge is 0.255 e. The van der Waals surface area contributed by atoms with Crippen molar-refractivity contribution in [3.8, 4) is 11.5 Å². The first-order valence-corrected chi connectivity index (χ1v) is 10.2. The van der Waals surface area contributed by atoms with Gasteiger partial charge in [0.25, 0.3) is 5.91 Å². The van der Waals surface area contributed by atoms with Crippen molar-refractivity contribution in [1.29, 1.82) is 0 Å². The number of hydrazone groups is 1. The Balaban J connectivity index is 2.05. The highest BCUT2D eigenvalue weighted by Crippen LogP contribution is 2.36. The lowest BCUT2D eigenvalue weighted by molar-refractivity contribution is -0.119. The van der Waals surface area contributed by atoms with Crippen LogP contribution in [0.4, 0.5) is 5.69 Å². The van der Waals surface area contributed by atoms with E-state index in [1.807, 2.05) is 6.92 Å². The van der Waals surface area contributed by atoms with E-state index in [4.69, 9.17) is 50.6 Å². The summed E-state index contributed by atoms with van der Waals surface area (Å²) in [6, 6.07) is 8.51. The summed E-state index contributed by atoms with van der Waals surface area (Å²) in [4.78, 5) is 11.0. The number of hydrogen-bond acceptors (Lipinski definition) is 5. The number of rotatable bonds is 8. The van der Waals surface area contributed by atoms with E-state index in [2.05, 4.69) is 31.8 Å². The Bertz CT molecular complexity index is 944. The van der Waals surface area contributed by atoms with Gasteiger partial charge in [0.2, 0.25) is 0 Å². The second-order valence-corrected chi connectivity index (χ2v) is 7.55. The molecule has 1 amide bonds. The molecule has 0 fully saturated rings. The van der Waals surface area contributed by atoms with Crippen LogP contribution < -0.4 is 25.9 Å². The van der Waals surface area contributed by atoms with Crippen LogP contribution in [0.3, 0.4) is 0 Å². The van der Waals surface area contributed by atoms with Crippen molar-refractivity contribution in [3.63, 3.8) is 0 Å². The number of nitrogens with two attached hydrogens (primary N) is 1. The van der Waals surface area contributed by atoms with Crippen LogP contribution in [0.5, 0.6) is 11.5 Å². The Morgan fingerprint density at radius 3 is 2.69 bits per heavy atom. The third-order valence-corrected chi connectivity index (χ3v) is 4.77. The number of primary amides is 1. The lowest BCUT2D eigenvalue weighted by Gasteiger charge is -2.13. The van der Waals surface area contributed by atoms with Gasteiger partial charge in [-0.3, -0.25) is 10.2 Å². The first-order valence-electron chi connectivity index (χ1n) is 8.22. The molecule has 0 saturated heterocycles. The molecule has 7 nitrogen and oxygen atoms in total. The van der Waals surface area contributed by atoms with E-state index >= 15 is 0 Å². The number of hydrogen-bond donors (Lipinski definition) is 3. The third kappa shape index (κ3) is 7.36. The lowest BCUT2D eigenvalue weighted by atomic mass is 10.2. The summed E-state index contributed by atoms with van der Waals surface area (Å²) in [6.45, 7) is 1.99. The van der Waals surface area contributed by atoms with Crippen molar-refractivity contribution < 1.29 is 14.3 Å². The molecule has 0 heterocycles. The second kappa shape index (κ2) is 11.2. The predicted molar refractivity (Wildman–Crippen MR) is 123 cm³/mol. The predicted octanol–water partition coefficient (Wildman–Crippen LogP) is 4.34. The monoisotopic (exact) mass is 518 g/mol. The quantitative estimate of drug-likeness (QED) is 0.272. The molecule has 0 bridgehead atoms. The lowest BCUT2D eigenvalue weighted by Crippen LogP contribution is -2.23. The molecule has 0 radical (unpaired) electrons. The van der Waals surface area contributed by atoms with E-state index < -0.39 is 5.91 Å². The zero-order valence-electron chi connectivity index (χ0n) is 15.2. The van der Waals surface area contributed by atoms with Crippen molar-refractivity contribution in [2.24, 2.45) is 10.8 Å². The molecular formula is C18H17BrCl2N4O3S. The van der Waals surface area contributed by atoms with Gasteiger partial charge in [-0.15, -0.1) is 0 Å². The Hall–Kier alpha value is -2.07. The van der Waals surface area contributed by atoms with E-state index in [0.29, 0.717) is 43.9 Å². The number of anilines is 1. The average Bonchev–Trinajstić information content (AvgIpc) is 2.64. The Morgan fingerprint density at radius 2 is 2.03 bits per heavy atom. The highest BCUT2D eigenvalue weighted by Gasteiger charge is 2.13. The summed E-state index contributed by atoms with van der Waals surface area (Å²) in [5.41, 5.74) is 9.21. The molecule has 0 aromatic heterocycles. The van der Waals surface area contributed by atoms with Crippen molar-refractivity contribution in [2.75, 3.05) is 18.5 Å². The van der Waals surface area contributed by atoms with Crippen LogP contribution in [0.25, 0.3) is 0 Å². The van der Waals surface area contributed by atoms with Gasteiger partial charge in [-0.25, -0.2) is 0 Å². The number of thiocarbonyl (C=S) groups is 1. The molecule has 2 aromatic rings. The molecule has 154 valence electrons. The van der Waals surface area contributed by atoms with Crippen LogP contribution in [0.2, 0.25) is 10.0 Å². The van der Waals surface area contributed by atoms with Gasteiger partial charge in [-0.2, -0.15) is 5.10 Å². The number of carbonyl (C=O) groups excluding carboxylic acids is 1. The van der Waals surface area contributed by atoms with Crippen molar-refractivity contribution in [2.45, 2.75) is 6.92 Å². The SMILES string of the molecule is CCOc1cc(C=NNC(=S)Nc2ccc(Cl)c(Cl)c2)cc(Br)c1OCC(N)=O. The first-order chi connectivity index (χ1) is 13.8. The maximum absolute atomic E-state index is 11.0. The van der Waals surface area contributed by atoms with Gasteiger partial charge in [-0.1, -0.05) is 23.2 Å². The van der Waals surface area contributed by atoms with Gasteiger partial charge in [0.15, 0.2) is 23.2 Å². The van der Waals surface area contributed by atoms with Crippen LogP contribution >= 0.6 is 51.3 Å². The number of ether oxygens (including phenoxy) is 2. The maximum atomic E-state index is 11.0. The minimum absolute atomic E-state index is 0.262. The Morgan fingerprint density at radius 1 is 1.28 bits per heavy atom. The standard InChI is InChI=1S/C18H17BrCl2N4O3S/c1-2-27-15-6-10(5-12(19)17(15)28-9-16(22)26)8-23-25-18(29)24-11-3-4-13(20)14(21)7-11/h3-8H,2,9H2,1H3,(H2,22,26)(H2,24,25,29). The van der Waals surface area contributed by atoms with Crippen LogP contribution in [0.1, 0.15) is 12.5 Å². The summed E-state index contributed by atoms with van der Waals surface area (Å²) in [6.07, 6.45) is 1.55. The summed E-state index contributed by atoms with van der Waals surface area (Å²) in [5.74, 6) is 0.242. The van der Waals surface area contributed by atoms with E-state index in [-0.39, 0.29) is 11.7 Å². The molecule has 2 aromatic carbocycles. The topological polar surface area (TPSA) is 98.0 Å². The Kier molecular flexibility index (Phi) is 8.97. The number of halogens is 3. The summed E-state index contributed by atoms with van der Waals surface area (Å²) in [7, 11) is 0. The van der Waals surface area contributed by atoms with Gasteiger partial charge < -0.3 is 20.5 Å². The number of benzene rings is 2. The fourth-order valence-electron chi connectivity index (χ4n) is 2.11. The van der Waals surface area contributed by atoms with E-state index in [0.717, 1.165) is 0 Å². The molecule has 11 heteroatoms. The molecule has 4 N–H and O–H groups in total. The molecule has 0 saturated carbocycles. The summed E-state index contributed by atoms with van der Waals surface area (Å²) in [5, 5.41) is 8.17. The molecule has 29 heavy (non-hydrogen) atoms. The van der Waals surface area contributed by atoms with Gasteiger partial charge >= 0.3 is 0 Å². The minimum atomic E-state index is -0.586. The molecule has 0 atom stereocenters. The van der Waals surface area contributed by atoms with Gasteiger partial charge in [0.1, 0.15) is 0 Å². The van der Waals surface area contributed by atoms with Crippen LogP contribution in [0.15, 0.2) is 39.9 Å². The van der Waals surface area contributed by atoms with Crippen LogP contribution in [0, 0.1) is 0 Å². The van der Waals surface area contributed by atoms with E-state index in [1.165, 1.54) is 0 Å². The minimum Gasteiger partial charge on any atom is -0.490 e. The average molecular weight is 520 g/mol. The van der Waals surface area contributed by atoms with E-state index in [1.54, 1.807) is 36.5 Å². The van der Waals surface area contributed by atoms with Crippen molar-refractivity contribution in [3.05, 3.63) is 50.4 Å². The number of carbonyl (C=O) groups is 1. The summed E-state index contributed by atoms with van der Waals surface area (Å²) >= 11 is 20.4. The summed E-state index contributed by atoms with van der Waals surface area (Å²) < 4.78 is 11.6. The molecule has 0 aliphatic carbocycles. The highest BCUT2D eigenvalue weighted by molar-refractivity contribution is 9.10. The maximum Gasteiger partial charge on any atom is 0.255 e. The zero-order valence-corrected chi connectivity index (χ0v) is 19.1. The first kappa shape index (κ1) is 23.2. The second-order valence-electron chi connectivity index (χ2n) is 5.47. The number of nitrogens with one attached hydrogen (secondary N) is 2. The van der Waals surface area contributed by atoms with Gasteiger partial charge in [0.05, 0.1) is 27.3 Å². The number of amides is 1. The molecular weight excluding hydrogens is 503 g/mol. The van der Waals surface area contributed by atoms with Gasteiger partial charge in [0, 0.05) is 5.69 Å². The van der Waals surface area contributed by atoms with E-state index in [9.17, 15) is 4.79 Å². The van der Waals surface area contributed by atoms with Crippen LogP contribution in [-0.4, -0.2) is 30.4 Å².